The van der Waals surface area contributed by atoms with Crippen molar-refractivity contribution in [2.45, 2.75) is 58.1 Å². The van der Waals surface area contributed by atoms with E-state index in [4.69, 9.17) is 4.74 Å². The number of nitrogens with zero attached hydrogens (tertiary/aromatic N) is 2. The van der Waals surface area contributed by atoms with E-state index in [9.17, 15) is 0 Å². The lowest BCUT2D eigenvalue weighted by molar-refractivity contribution is -0.114. The van der Waals surface area contributed by atoms with E-state index in [1.807, 2.05) is 6.92 Å². The standard InChI is InChI=1S/C13H21N3OS/c1-3-17-11-8-10(13(11)6-4-5-7-13)14-12-16-15-9(2)18-12/h10-11H,3-8H2,1-2H3,(H,14,16). The van der Waals surface area contributed by atoms with Gasteiger partial charge in [0, 0.05) is 18.1 Å². The molecule has 1 aromatic rings. The molecule has 0 aromatic carbocycles. The summed E-state index contributed by atoms with van der Waals surface area (Å²) in [6.45, 7) is 4.92. The molecule has 0 amide bonds. The molecule has 2 fully saturated rings. The third-order valence-electron chi connectivity index (χ3n) is 4.51. The molecule has 0 bridgehead atoms. The van der Waals surface area contributed by atoms with Gasteiger partial charge in [0.1, 0.15) is 5.01 Å². The van der Waals surface area contributed by atoms with Crippen LogP contribution in [-0.4, -0.2) is 29.0 Å². The van der Waals surface area contributed by atoms with Crippen LogP contribution >= 0.6 is 11.3 Å². The van der Waals surface area contributed by atoms with E-state index in [2.05, 4.69) is 22.4 Å². The van der Waals surface area contributed by atoms with Crippen molar-refractivity contribution in [3.05, 3.63) is 5.01 Å². The summed E-state index contributed by atoms with van der Waals surface area (Å²) >= 11 is 1.65. The Hall–Kier alpha value is -0.680. The summed E-state index contributed by atoms with van der Waals surface area (Å²) in [4.78, 5) is 0. The van der Waals surface area contributed by atoms with Crippen LogP contribution < -0.4 is 5.32 Å². The van der Waals surface area contributed by atoms with Gasteiger partial charge >= 0.3 is 0 Å². The van der Waals surface area contributed by atoms with Crippen LogP contribution in [0.5, 0.6) is 0 Å². The molecule has 100 valence electrons. The van der Waals surface area contributed by atoms with E-state index in [-0.39, 0.29) is 0 Å². The van der Waals surface area contributed by atoms with Crippen LogP contribution in [0.2, 0.25) is 0 Å². The van der Waals surface area contributed by atoms with Crippen molar-refractivity contribution in [1.29, 1.82) is 0 Å². The van der Waals surface area contributed by atoms with Crippen molar-refractivity contribution in [3.8, 4) is 0 Å². The Morgan fingerprint density at radius 2 is 2.17 bits per heavy atom. The molecule has 1 aromatic heterocycles. The minimum Gasteiger partial charge on any atom is -0.378 e. The van der Waals surface area contributed by atoms with Crippen LogP contribution in [0, 0.1) is 12.3 Å². The summed E-state index contributed by atoms with van der Waals surface area (Å²) in [6.07, 6.45) is 6.86. The topological polar surface area (TPSA) is 47.0 Å². The third kappa shape index (κ3) is 1.93. The first-order valence-corrected chi connectivity index (χ1v) is 7.74. The molecule has 2 atom stereocenters. The minimum atomic E-state index is 0.371. The zero-order valence-electron chi connectivity index (χ0n) is 11.1. The Labute approximate surface area is 112 Å². The summed E-state index contributed by atoms with van der Waals surface area (Å²) in [7, 11) is 0. The first kappa shape index (κ1) is 12.4. The number of anilines is 1. The van der Waals surface area contributed by atoms with Gasteiger partial charge < -0.3 is 10.1 Å². The summed E-state index contributed by atoms with van der Waals surface area (Å²) in [5, 5.41) is 13.8. The average Bonchev–Trinajstić information content (AvgIpc) is 2.98. The second-order valence-electron chi connectivity index (χ2n) is 5.44. The second kappa shape index (κ2) is 4.78. The molecule has 0 radical (unpaired) electrons. The van der Waals surface area contributed by atoms with Crippen LogP contribution in [0.3, 0.4) is 0 Å². The van der Waals surface area contributed by atoms with E-state index < -0.39 is 0 Å². The monoisotopic (exact) mass is 267 g/mol. The largest absolute Gasteiger partial charge is 0.378 e. The maximum absolute atomic E-state index is 5.92. The lowest BCUT2D eigenvalue weighted by atomic mass is 9.60. The molecule has 0 saturated heterocycles. The zero-order valence-corrected chi connectivity index (χ0v) is 11.9. The van der Waals surface area contributed by atoms with E-state index in [1.165, 1.54) is 25.7 Å². The molecule has 1 spiro atoms. The lowest BCUT2D eigenvalue weighted by Crippen LogP contribution is -2.60. The number of rotatable bonds is 4. The Morgan fingerprint density at radius 1 is 1.39 bits per heavy atom. The molecule has 2 unspecified atom stereocenters. The van der Waals surface area contributed by atoms with E-state index in [0.717, 1.165) is 23.2 Å². The molecule has 3 rings (SSSR count). The molecule has 0 aliphatic heterocycles. The van der Waals surface area contributed by atoms with E-state index in [0.29, 0.717) is 17.6 Å². The first-order valence-electron chi connectivity index (χ1n) is 6.93. The predicted octanol–water partition coefficient (Wildman–Crippen LogP) is 3.00. The lowest BCUT2D eigenvalue weighted by Gasteiger charge is -2.54. The molecule has 18 heavy (non-hydrogen) atoms. The van der Waals surface area contributed by atoms with Crippen molar-refractivity contribution >= 4 is 16.5 Å². The van der Waals surface area contributed by atoms with E-state index in [1.54, 1.807) is 11.3 Å². The first-order chi connectivity index (χ1) is 8.74. The Balaban J connectivity index is 1.70. The fourth-order valence-electron chi connectivity index (χ4n) is 3.59. The molecular weight excluding hydrogens is 246 g/mol. The van der Waals surface area contributed by atoms with Crippen molar-refractivity contribution in [1.82, 2.24) is 10.2 Å². The van der Waals surface area contributed by atoms with Gasteiger partial charge in [-0.2, -0.15) is 0 Å². The number of ether oxygens (including phenoxy) is 1. The molecule has 2 aliphatic rings. The van der Waals surface area contributed by atoms with Crippen LogP contribution in [0.15, 0.2) is 0 Å². The molecular formula is C13H21N3OS. The third-order valence-corrected chi connectivity index (χ3v) is 5.28. The summed E-state index contributed by atoms with van der Waals surface area (Å²) in [6, 6.07) is 0.531. The summed E-state index contributed by atoms with van der Waals surface area (Å²) in [5.41, 5.74) is 0.371. The van der Waals surface area contributed by atoms with Gasteiger partial charge in [-0.3, -0.25) is 0 Å². The van der Waals surface area contributed by atoms with E-state index >= 15 is 0 Å². The highest BCUT2D eigenvalue weighted by Gasteiger charge is 2.56. The van der Waals surface area contributed by atoms with Gasteiger partial charge in [-0.15, -0.1) is 10.2 Å². The number of nitrogens with one attached hydrogen (secondary N) is 1. The van der Waals surface area contributed by atoms with Crippen LogP contribution in [-0.2, 0) is 4.74 Å². The fourth-order valence-corrected chi connectivity index (χ4v) is 4.24. The molecule has 1 N–H and O–H groups in total. The average molecular weight is 267 g/mol. The molecule has 1 heterocycles. The van der Waals surface area contributed by atoms with Crippen LogP contribution in [0.4, 0.5) is 5.13 Å². The summed E-state index contributed by atoms with van der Waals surface area (Å²) < 4.78 is 5.92. The molecule has 2 aliphatic carbocycles. The number of hydrogen-bond donors (Lipinski definition) is 1. The highest BCUT2D eigenvalue weighted by atomic mass is 32.1. The minimum absolute atomic E-state index is 0.371. The van der Waals surface area contributed by atoms with Gasteiger partial charge in [0.25, 0.3) is 0 Å². The predicted molar refractivity (Wildman–Crippen MR) is 73.0 cm³/mol. The molecule has 5 heteroatoms. The van der Waals surface area contributed by atoms with Gasteiger partial charge in [-0.1, -0.05) is 24.2 Å². The Bertz CT molecular complexity index is 414. The Kier molecular flexibility index (Phi) is 3.28. The number of aryl methyl sites for hydroxylation is 1. The van der Waals surface area contributed by atoms with Gasteiger partial charge in [-0.25, -0.2) is 0 Å². The smallest absolute Gasteiger partial charge is 0.205 e. The van der Waals surface area contributed by atoms with Gasteiger partial charge in [-0.05, 0) is 33.1 Å². The Morgan fingerprint density at radius 3 is 2.78 bits per heavy atom. The van der Waals surface area contributed by atoms with Gasteiger partial charge in [0.05, 0.1) is 6.10 Å². The van der Waals surface area contributed by atoms with Gasteiger partial charge in [0.15, 0.2) is 0 Å². The van der Waals surface area contributed by atoms with Crippen molar-refractivity contribution in [3.63, 3.8) is 0 Å². The molecule has 4 nitrogen and oxygen atoms in total. The highest BCUT2D eigenvalue weighted by Crippen LogP contribution is 2.55. The highest BCUT2D eigenvalue weighted by molar-refractivity contribution is 7.15. The van der Waals surface area contributed by atoms with Crippen molar-refractivity contribution in [2.24, 2.45) is 5.41 Å². The summed E-state index contributed by atoms with van der Waals surface area (Å²) in [5.74, 6) is 0. The number of aromatic nitrogens is 2. The SMILES string of the molecule is CCOC1CC(Nc2nnc(C)s2)C12CCCC2. The van der Waals surface area contributed by atoms with Gasteiger partial charge in [0.2, 0.25) is 5.13 Å². The molecule has 2 saturated carbocycles. The van der Waals surface area contributed by atoms with Crippen LogP contribution in [0.25, 0.3) is 0 Å². The second-order valence-corrected chi connectivity index (χ2v) is 6.62. The van der Waals surface area contributed by atoms with Crippen molar-refractivity contribution < 1.29 is 4.74 Å². The zero-order chi connectivity index (χ0) is 12.6. The quantitative estimate of drug-likeness (QED) is 0.911. The van der Waals surface area contributed by atoms with Crippen LogP contribution in [0.1, 0.15) is 44.0 Å². The fraction of sp³-hybridized carbons (Fsp3) is 0.846. The number of hydrogen-bond acceptors (Lipinski definition) is 5. The maximum Gasteiger partial charge on any atom is 0.205 e. The normalized spacial score (nSPS) is 29.4. The maximum atomic E-state index is 5.92. The van der Waals surface area contributed by atoms with Crippen molar-refractivity contribution in [2.75, 3.05) is 11.9 Å².